The summed E-state index contributed by atoms with van der Waals surface area (Å²) in [6, 6.07) is 6.32. The Balaban J connectivity index is 2.99. The molecule has 0 unspecified atom stereocenters. The first kappa shape index (κ1) is 16.9. The lowest BCUT2D eigenvalue weighted by molar-refractivity contribution is 0.138. The van der Waals surface area contributed by atoms with Crippen LogP contribution in [0.3, 0.4) is 0 Å². The lowest BCUT2D eigenvalue weighted by Gasteiger charge is -2.32. The molecule has 1 aromatic rings. The molecule has 0 aliphatic heterocycles. The highest BCUT2D eigenvalue weighted by Gasteiger charge is 2.33. The summed E-state index contributed by atoms with van der Waals surface area (Å²) >= 11 is 0. The van der Waals surface area contributed by atoms with E-state index in [1.54, 1.807) is 26.0 Å². The second-order valence-corrected chi connectivity index (χ2v) is 7.23. The third-order valence-corrected chi connectivity index (χ3v) is 5.28. The lowest BCUT2D eigenvalue weighted by Crippen LogP contribution is -2.47. The maximum absolute atomic E-state index is 12.4. The fourth-order valence-electron chi connectivity index (χ4n) is 1.51. The Morgan fingerprint density at radius 2 is 1.80 bits per heavy atom. The van der Waals surface area contributed by atoms with Gasteiger partial charge in [0.15, 0.2) is 0 Å². The van der Waals surface area contributed by atoms with Gasteiger partial charge in [-0.15, -0.1) is 0 Å². The van der Waals surface area contributed by atoms with Crippen molar-refractivity contribution < 1.29 is 18.3 Å². The molecular weight excluding hydrogens is 278 g/mol. The largest absolute Gasteiger partial charge is 0.494 e. The number of sulfonamides is 1. The first-order chi connectivity index (χ1) is 9.25. The van der Waals surface area contributed by atoms with Crippen LogP contribution in [0.2, 0.25) is 0 Å². The number of nitrogens with zero attached hydrogens (tertiary/aromatic N) is 1. The first-order valence-electron chi connectivity index (χ1n) is 6.58. The van der Waals surface area contributed by atoms with Crippen LogP contribution in [0.1, 0.15) is 27.2 Å². The molecule has 5 nitrogen and oxygen atoms in total. The average Bonchev–Trinajstić information content (AvgIpc) is 2.44. The monoisotopic (exact) mass is 301 g/mol. The van der Waals surface area contributed by atoms with Crippen LogP contribution in [0.15, 0.2) is 29.2 Å². The van der Waals surface area contributed by atoms with E-state index in [-0.39, 0.29) is 11.5 Å². The van der Waals surface area contributed by atoms with Crippen molar-refractivity contribution >= 4 is 10.0 Å². The summed E-state index contributed by atoms with van der Waals surface area (Å²) < 4.78 is 31.5. The molecular formula is C14H23NO4S. The van der Waals surface area contributed by atoms with Gasteiger partial charge in [0.1, 0.15) is 5.75 Å². The molecule has 0 fully saturated rings. The molecule has 1 rings (SSSR count). The van der Waals surface area contributed by atoms with E-state index >= 15 is 0 Å². The molecule has 0 spiro atoms. The molecule has 0 aliphatic rings. The van der Waals surface area contributed by atoms with Gasteiger partial charge < -0.3 is 9.84 Å². The minimum absolute atomic E-state index is 0.186. The zero-order valence-electron chi connectivity index (χ0n) is 12.5. The molecule has 6 heteroatoms. The van der Waals surface area contributed by atoms with Crippen LogP contribution in [-0.4, -0.2) is 43.6 Å². The number of hydrogen-bond acceptors (Lipinski definition) is 4. The average molecular weight is 301 g/mol. The predicted octanol–water partition coefficient (Wildman–Crippen LogP) is 1.87. The Bertz CT molecular complexity index is 523. The van der Waals surface area contributed by atoms with Crippen molar-refractivity contribution in [1.82, 2.24) is 4.31 Å². The molecule has 1 N–H and O–H groups in total. The Kier molecular flexibility index (Phi) is 5.56. The summed E-state index contributed by atoms with van der Waals surface area (Å²) in [7, 11) is -2.16. The van der Waals surface area contributed by atoms with Crippen molar-refractivity contribution in [3.63, 3.8) is 0 Å². The van der Waals surface area contributed by atoms with Crippen LogP contribution in [0.25, 0.3) is 0 Å². The van der Waals surface area contributed by atoms with Gasteiger partial charge in [-0.2, -0.15) is 4.31 Å². The lowest BCUT2D eigenvalue weighted by atomic mass is 10.1. The number of ether oxygens (including phenoxy) is 1. The number of benzene rings is 1. The third kappa shape index (κ3) is 3.71. The number of hydrogen-bond donors (Lipinski definition) is 1. The topological polar surface area (TPSA) is 66.8 Å². The molecule has 0 amide bonds. The van der Waals surface area contributed by atoms with E-state index in [1.165, 1.54) is 23.5 Å². The van der Waals surface area contributed by atoms with Crippen LogP contribution >= 0.6 is 0 Å². The molecule has 114 valence electrons. The van der Waals surface area contributed by atoms with E-state index in [0.29, 0.717) is 12.4 Å². The summed E-state index contributed by atoms with van der Waals surface area (Å²) in [5.74, 6) is 0.648. The summed E-state index contributed by atoms with van der Waals surface area (Å²) in [5, 5.41) is 9.29. The quantitative estimate of drug-likeness (QED) is 0.835. The van der Waals surface area contributed by atoms with E-state index < -0.39 is 15.6 Å². The molecule has 0 bridgehead atoms. The number of likely N-dealkylation sites (N-methyl/N-ethyl adjacent to an activating group) is 1. The minimum Gasteiger partial charge on any atom is -0.494 e. The Morgan fingerprint density at radius 1 is 1.25 bits per heavy atom. The van der Waals surface area contributed by atoms with Gasteiger partial charge in [0.2, 0.25) is 10.0 Å². The zero-order valence-corrected chi connectivity index (χ0v) is 13.3. The molecule has 0 saturated heterocycles. The predicted molar refractivity (Wildman–Crippen MR) is 78.3 cm³/mol. The van der Waals surface area contributed by atoms with Crippen LogP contribution in [0.4, 0.5) is 0 Å². The maximum atomic E-state index is 12.4. The first-order valence-corrected chi connectivity index (χ1v) is 8.02. The number of rotatable bonds is 7. The SMILES string of the molecule is CCCOc1ccc(S(=O)(=O)N(C)C(C)(C)CO)cc1. The summed E-state index contributed by atoms with van der Waals surface area (Å²) in [6.45, 7) is 5.70. The van der Waals surface area contributed by atoms with Crippen molar-refractivity contribution in [1.29, 1.82) is 0 Å². The second kappa shape index (κ2) is 6.56. The molecule has 0 saturated carbocycles. The summed E-state index contributed by atoms with van der Waals surface area (Å²) in [6.07, 6.45) is 0.896. The molecule has 0 aliphatic carbocycles. The Hall–Kier alpha value is -1.11. The van der Waals surface area contributed by atoms with Gasteiger partial charge in [-0.3, -0.25) is 0 Å². The van der Waals surface area contributed by atoms with Gasteiger partial charge in [-0.05, 0) is 44.5 Å². The van der Waals surface area contributed by atoms with Crippen LogP contribution < -0.4 is 4.74 Å². The van der Waals surface area contributed by atoms with Crippen molar-refractivity contribution in [3.05, 3.63) is 24.3 Å². The molecule has 20 heavy (non-hydrogen) atoms. The van der Waals surface area contributed by atoms with Crippen LogP contribution in [0.5, 0.6) is 5.75 Å². The third-order valence-electron chi connectivity index (χ3n) is 3.19. The second-order valence-electron chi connectivity index (χ2n) is 5.26. The van der Waals surface area contributed by atoms with E-state index in [9.17, 15) is 13.5 Å². The van der Waals surface area contributed by atoms with Crippen LogP contribution in [-0.2, 0) is 10.0 Å². The smallest absolute Gasteiger partial charge is 0.243 e. The standard InChI is InChI=1S/C14H23NO4S/c1-5-10-19-12-6-8-13(9-7-12)20(17,18)15(4)14(2,3)11-16/h6-9,16H,5,10-11H2,1-4H3. The highest BCUT2D eigenvalue weighted by Crippen LogP contribution is 2.24. The van der Waals surface area contributed by atoms with E-state index in [2.05, 4.69) is 0 Å². The van der Waals surface area contributed by atoms with Gasteiger partial charge in [-0.1, -0.05) is 6.92 Å². The van der Waals surface area contributed by atoms with E-state index in [4.69, 9.17) is 4.74 Å². The maximum Gasteiger partial charge on any atom is 0.243 e. The summed E-state index contributed by atoms with van der Waals surface area (Å²) in [4.78, 5) is 0.186. The zero-order chi connectivity index (χ0) is 15.4. The number of aliphatic hydroxyl groups is 1. The minimum atomic E-state index is -3.63. The van der Waals surface area contributed by atoms with Crippen molar-refractivity contribution in [3.8, 4) is 5.75 Å². The highest BCUT2D eigenvalue weighted by molar-refractivity contribution is 7.89. The molecule has 1 aromatic carbocycles. The Labute approximate surface area is 121 Å². The van der Waals surface area contributed by atoms with E-state index in [1.807, 2.05) is 6.92 Å². The highest BCUT2D eigenvalue weighted by atomic mass is 32.2. The summed E-state index contributed by atoms with van der Waals surface area (Å²) in [5.41, 5.74) is -0.851. The van der Waals surface area contributed by atoms with Crippen molar-refractivity contribution in [2.24, 2.45) is 0 Å². The molecule has 0 aromatic heterocycles. The normalized spacial score (nSPS) is 12.7. The fraction of sp³-hybridized carbons (Fsp3) is 0.571. The van der Waals surface area contributed by atoms with Gasteiger partial charge >= 0.3 is 0 Å². The van der Waals surface area contributed by atoms with Crippen molar-refractivity contribution in [2.75, 3.05) is 20.3 Å². The van der Waals surface area contributed by atoms with E-state index in [0.717, 1.165) is 6.42 Å². The van der Waals surface area contributed by atoms with Gasteiger partial charge in [-0.25, -0.2) is 8.42 Å². The Morgan fingerprint density at radius 3 is 2.25 bits per heavy atom. The van der Waals surface area contributed by atoms with Gasteiger partial charge in [0.05, 0.1) is 23.6 Å². The van der Waals surface area contributed by atoms with Crippen molar-refractivity contribution in [2.45, 2.75) is 37.6 Å². The molecule has 0 radical (unpaired) electrons. The fourth-order valence-corrected chi connectivity index (χ4v) is 3.02. The molecule has 0 heterocycles. The van der Waals surface area contributed by atoms with Crippen LogP contribution in [0, 0.1) is 0 Å². The molecule has 0 atom stereocenters. The van der Waals surface area contributed by atoms with Gasteiger partial charge in [0.25, 0.3) is 0 Å². The van der Waals surface area contributed by atoms with Gasteiger partial charge in [0, 0.05) is 7.05 Å². The number of aliphatic hydroxyl groups excluding tert-OH is 1.